The molecule has 0 spiro atoms. The van der Waals surface area contributed by atoms with Crippen LogP contribution in [0.25, 0.3) is 11.1 Å². The van der Waals surface area contributed by atoms with E-state index < -0.39 is 35.3 Å². The van der Waals surface area contributed by atoms with Crippen LogP contribution >= 0.6 is 11.8 Å². The molecule has 240 valence electrons. The normalized spacial score (nSPS) is 19.4. The van der Waals surface area contributed by atoms with Crippen LogP contribution in [-0.2, 0) is 10.9 Å². The average molecular weight is 648 g/mol. The summed E-state index contributed by atoms with van der Waals surface area (Å²) in [6.07, 6.45) is -5.22. The molecule has 45 heavy (non-hydrogen) atoms. The van der Waals surface area contributed by atoms with Crippen molar-refractivity contribution in [1.29, 1.82) is 0 Å². The maximum atomic E-state index is 14.8. The number of benzene rings is 2. The van der Waals surface area contributed by atoms with Crippen LogP contribution in [0.3, 0.4) is 0 Å². The number of urea groups is 1. The minimum Gasteiger partial charge on any atom is -0.444 e. The van der Waals surface area contributed by atoms with Gasteiger partial charge >= 0.3 is 18.3 Å². The number of alkyl halides is 3. The molecule has 4 aliphatic rings. The van der Waals surface area contributed by atoms with Crippen LogP contribution < -0.4 is 5.32 Å². The first-order valence-corrected chi connectivity index (χ1v) is 15.9. The Morgan fingerprint density at radius 2 is 1.71 bits per heavy atom. The van der Waals surface area contributed by atoms with Gasteiger partial charge in [0.15, 0.2) is 5.69 Å². The third-order valence-electron chi connectivity index (χ3n) is 8.10. The molecular formula is C31H35F4N6O3S+. The summed E-state index contributed by atoms with van der Waals surface area (Å²) in [5.74, 6) is -0.108. The van der Waals surface area contributed by atoms with Gasteiger partial charge in [-0.3, -0.25) is 4.90 Å². The number of ether oxygens (including phenoxy) is 1. The second-order valence-corrected chi connectivity index (χ2v) is 13.4. The summed E-state index contributed by atoms with van der Waals surface area (Å²) < 4.78 is 65.3. The Balaban J connectivity index is 1.46. The van der Waals surface area contributed by atoms with Crippen molar-refractivity contribution in [3.63, 3.8) is 0 Å². The van der Waals surface area contributed by atoms with Crippen molar-refractivity contribution >= 4 is 41.1 Å². The highest BCUT2D eigenvalue weighted by Gasteiger charge is 2.47. The summed E-state index contributed by atoms with van der Waals surface area (Å²) in [4.78, 5) is 36.8. The maximum absolute atomic E-state index is 14.8. The fourth-order valence-electron chi connectivity index (χ4n) is 6.03. The molecule has 4 aliphatic heterocycles. The lowest BCUT2D eigenvalue weighted by Gasteiger charge is -2.37. The number of hydrogen-bond donors (Lipinski definition) is 1. The summed E-state index contributed by atoms with van der Waals surface area (Å²) in [5.41, 5.74) is -0.0959. The van der Waals surface area contributed by atoms with E-state index in [2.05, 4.69) is 15.2 Å². The number of rotatable bonds is 3. The molecule has 2 fully saturated rings. The van der Waals surface area contributed by atoms with Crippen LogP contribution in [0.5, 0.6) is 0 Å². The number of hydrogen-bond acceptors (Lipinski definition) is 7. The standard InChI is InChI=1S/C31H35F4N6O3S/c1-30(2,3)44-29(43)40-14-12-39(13-15-40)27-22-16-23(31(33,34)35)24(19-4-6-20(32)7-5-19)26-25(22)41(28(42)37-27)21(18-45-26)17-38-10-8-36-9-11-38/h4-7,16,36H,8-15,17-18H2,1-3H3/q+1. The summed E-state index contributed by atoms with van der Waals surface area (Å²) in [6.45, 7) is 9.98. The lowest BCUT2D eigenvalue weighted by molar-refractivity contribution is -0.337. The second kappa shape index (κ2) is 12.0. The molecule has 2 aromatic rings. The number of halogens is 4. The molecule has 0 atom stereocenters. The van der Waals surface area contributed by atoms with E-state index in [4.69, 9.17) is 4.74 Å². The van der Waals surface area contributed by atoms with E-state index in [9.17, 15) is 27.2 Å². The van der Waals surface area contributed by atoms with Crippen molar-refractivity contribution in [3.05, 3.63) is 47.3 Å². The number of aliphatic imine (C=N–C) groups is 1. The number of piperazine rings is 2. The van der Waals surface area contributed by atoms with E-state index in [0.717, 1.165) is 50.1 Å². The number of amidine groups is 1. The quantitative estimate of drug-likeness (QED) is 0.370. The van der Waals surface area contributed by atoms with Crippen LogP contribution in [0.4, 0.5) is 32.8 Å². The van der Waals surface area contributed by atoms with Gasteiger partial charge in [0.05, 0.1) is 28.3 Å². The second-order valence-electron chi connectivity index (χ2n) is 12.4. The number of nitrogens with one attached hydrogen (secondary N) is 1. The monoisotopic (exact) mass is 647 g/mol. The van der Waals surface area contributed by atoms with Crippen LogP contribution in [0.2, 0.25) is 0 Å². The van der Waals surface area contributed by atoms with Gasteiger partial charge in [0.1, 0.15) is 17.1 Å². The number of thioether (sulfide) groups is 1. The largest absolute Gasteiger partial charge is 0.546 e. The Labute approximate surface area is 262 Å². The molecule has 2 saturated heterocycles. The molecule has 1 N–H and O–H groups in total. The van der Waals surface area contributed by atoms with Gasteiger partial charge in [-0.2, -0.15) is 22.5 Å². The van der Waals surface area contributed by atoms with Gasteiger partial charge in [-0.15, -0.1) is 11.8 Å². The van der Waals surface area contributed by atoms with Crippen molar-refractivity contribution in [2.45, 2.75) is 37.4 Å². The zero-order valence-electron chi connectivity index (χ0n) is 25.3. The van der Waals surface area contributed by atoms with Gasteiger partial charge in [-0.05, 0) is 44.5 Å². The zero-order chi connectivity index (χ0) is 32.1. The summed E-state index contributed by atoms with van der Waals surface area (Å²) >= 11 is 1.26. The van der Waals surface area contributed by atoms with E-state index in [1.807, 2.05) is 0 Å². The minimum absolute atomic E-state index is 0.0822. The summed E-state index contributed by atoms with van der Waals surface area (Å²) in [5, 5.41) is 3.31. The first-order valence-electron chi connectivity index (χ1n) is 14.9. The van der Waals surface area contributed by atoms with E-state index >= 15 is 0 Å². The molecule has 14 heteroatoms. The maximum Gasteiger partial charge on any atom is 0.546 e. The number of carbonyl (C=O) groups excluding carboxylic acids is 2. The highest BCUT2D eigenvalue weighted by Crippen LogP contribution is 2.51. The molecule has 0 bridgehead atoms. The Morgan fingerprint density at radius 3 is 2.33 bits per heavy atom. The zero-order valence-corrected chi connectivity index (χ0v) is 26.2. The van der Waals surface area contributed by atoms with E-state index in [1.165, 1.54) is 28.5 Å². The predicted molar refractivity (Wildman–Crippen MR) is 163 cm³/mol. The first kappa shape index (κ1) is 31.5. The smallest absolute Gasteiger partial charge is 0.444 e. The van der Waals surface area contributed by atoms with Crippen molar-refractivity contribution in [3.8, 4) is 11.1 Å². The van der Waals surface area contributed by atoms with Gasteiger partial charge in [0, 0.05) is 62.9 Å². The molecular weight excluding hydrogens is 612 g/mol. The molecule has 2 aromatic carbocycles. The molecule has 0 radical (unpaired) electrons. The van der Waals surface area contributed by atoms with Crippen LogP contribution in [-0.4, -0.2) is 113 Å². The van der Waals surface area contributed by atoms with Crippen molar-refractivity contribution in [2.75, 3.05) is 64.7 Å². The Kier molecular flexibility index (Phi) is 8.42. The summed E-state index contributed by atoms with van der Waals surface area (Å²) in [7, 11) is 0. The van der Waals surface area contributed by atoms with Crippen LogP contribution in [0, 0.1) is 5.82 Å². The fourth-order valence-corrected chi connectivity index (χ4v) is 7.27. The van der Waals surface area contributed by atoms with Crippen molar-refractivity contribution < 1.29 is 36.5 Å². The van der Waals surface area contributed by atoms with E-state index in [0.29, 0.717) is 22.9 Å². The van der Waals surface area contributed by atoms with Gasteiger partial charge < -0.3 is 19.9 Å². The molecule has 6 rings (SSSR count). The lowest BCUT2D eigenvalue weighted by Crippen LogP contribution is -2.53. The molecule has 0 unspecified atom stereocenters. The number of nitrogens with zero attached hydrogens (tertiary/aromatic N) is 5. The number of carbonyl (C=O) groups is 2. The van der Waals surface area contributed by atoms with Crippen molar-refractivity contribution in [2.24, 2.45) is 4.99 Å². The third-order valence-corrected chi connectivity index (χ3v) is 9.26. The Morgan fingerprint density at radius 1 is 1.04 bits per heavy atom. The predicted octanol–water partition coefficient (Wildman–Crippen LogP) is 5.04. The minimum atomic E-state index is -4.74. The topological polar surface area (TPSA) is 80.5 Å². The van der Waals surface area contributed by atoms with E-state index in [1.54, 1.807) is 30.6 Å². The highest BCUT2D eigenvalue weighted by molar-refractivity contribution is 8.00. The molecule has 4 heterocycles. The first-order chi connectivity index (χ1) is 21.3. The fraction of sp³-hybridized carbons (Fsp3) is 0.484. The number of amides is 3. The SMILES string of the molecule is CC(C)(C)OC(=O)N1CCN(C2=NC(=O)[N+]3=C(CN4CCNCC4)CSc4c(-c5ccc(F)cc5)c(C(F)(F)F)cc2c43)CC1. The molecule has 9 nitrogen and oxygen atoms in total. The molecule has 0 aromatic heterocycles. The van der Waals surface area contributed by atoms with Crippen molar-refractivity contribution in [1.82, 2.24) is 20.0 Å². The Hall–Kier alpha value is -3.49. The summed E-state index contributed by atoms with van der Waals surface area (Å²) in [6, 6.07) is 5.45. The Bertz CT molecular complexity index is 1570. The van der Waals surface area contributed by atoms with Gasteiger partial charge in [0.2, 0.25) is 0 Å². The van der Waals surface area contributed by atoms with Crippen LogP contribution in [0.1, 0.15) is 31.9 Å². The van der Waals surface area contributed by atoms with E-state index in [-0.39, 0.29) is 48.7 Å². The van der Waals surface area contributed by atoms with Gasteiger partial charge in [-0.1, -0.05) is 12.1 Å². The van der Waals surface area contributed by atoms with Gasteiger partial charge in [0.25, 0.3) is 5.84 Å². The van der Waals surface area contributed by atoms with Crippen LogP contribution in [0.15, 0.2) is 40.2 Å². The third kappa shape index (κ3) is 6.45. The lowest BCUT2D eigenvalue weighted by atomic mass is 9.93. The highest BCUT2D eigenvalue weighted by atomic mass is 32.2. The molecule has 3 amide bonds. The molecule has 0 aliphatic carbocycles. The molecule has 0 saturated carbocycles. The van der Waals surface area contributed by atoms with Gasteiger partial charge in [-0.25, -0.2) is 9.18 Å². The average Bonchev–Trinajstić information content (AvgIpc) is 2.98.